The van der Waals surface area contributed by atoms with Crippen molar-refractivity contribution in [2.75, 3.05) is 24.2 Å². The molecule has 0 spiro atoms. The maximum atomic E-state index is 12.7. The summed E-state index contributed by atoms with van der Waals surface area (Å²) < 4.78 is 62.8. The van der Waals surface area contributed by atoms with Crippen molar-refractivity contribution in [3.63, 3.8) is 0 Å². The zero-order chi connectivity index (χ0) is 14.0. The molecule has 0 bridgehead atoms. The number of halogens is 5. The van der Waals surface area contributed by atoms with Gasteiger partial charge in [0.1, 0.15) is 6.61 Å². The highest BCUT2D eigenvalue weighted by Gasteiger charge is 2.33. The molecule has 1 rings (SSSR count). The van der Waals surface area contributed by atoms with Crippen LogP contribution in [0.25, 0.3) is 0 Å². The van der Waals surface area contributed by atoms with Crippen LogP contribution in [0, 0.1) is 0 Å². The number of nitrogens with two attached hydrogens (primary N) is 1. The van der Waals surface area contributed by atoms with Gasteiger partial charge in [-0.3, -0.25) is 0 Å². The first kappa shape index (κ1) is 14.5. The molecule has 0 amide bonds. The number of anilines is 2. The third kappa shape index (κ3) is 3.73. The maximum Gasteiger partial charge on any atom is 0.418 e. The maximum absolute atomic E-state index is 12.7. The van der Waals surface area contributed by atoms with Crippen molar-refractivity contribution < 1.29 is 27.1 Å². The third-order valence-electron chi connectivity index (χ3n) is 2.14. The van der Waals surface area contributed by atoms with Crippen molar-refractivity contribution in [3.05, 3.63) is 23.8 Å². The van der Waals surface area contributed by atoms with Gasteiger partial charge in [-0.1, -0.05) is 0 Å². The Balaban J connectivity index is 2.87. The fourth-order valence-electron chi connectivity index (χ4n) is 1.20. The predicted molar refractivity (Wildman–Crippen MR) is 56.4 cm³/mol. The molecule has 0 atom stereocenters. The van der Waals surface area contributed by atoms with E-state index in [0.29, 0.717) is 6.07 Å². The molecule has 8 heteroatoms. The normalized spacial score (nSPS) is 12.6. The van der Waals surface area contributed by atoms with Crippen LogP contribution in [0.15, 0.2) is 18.2 Å². The Kier molecular flexibility index (Phi) is 4.00. The standard InChI is InChI=1S/C10H11F5N2O/c11-9(12,5-18)4-17-6-1-2-8(16)7(3-6)10(13,14)15/h1-3,17-18H,4-5,16H2. The van der Waals surface area contributed by atoms with E-state index >= 15 is 0 Å². The summed E-state index contributed by atoms with van der Waals surface area (Å²) in [6, 6.07) is 2.77. The molecule has 0 fully saturated rings. The van der Waals surface area contributed by atoms with Gasteiger partial charge in [0.25, 0.3) is 5.92 Å². The number of aliphatic hydroxyl groups is 1. The molecular weight excluding hydrogens is 259 g/mol. The SMILES string of the molecule is Nc1ccc(NCC(F)(F)CO)cc1C(F)(F)F. The molecule has 0 aliphatic carbocycles. The van der Waals surface area contributed by atoms with Crippen molar-refractivity contribution >= 4 is 11.4 Å². The first-order chi connectivity index (χ1) is 8.15. The summed E-state index contributed by atoms with van der Waals surface area (Å²) >= 11 is 0. The molecule has 18 heavy (non-hydrogen) atoms. The van der Waals surface area contributed by atoms with Crippen LogP contribution in [-0.4, -0.2) is 24.2 Å². The van der Waals surface area contributed by atoms with E-state index in [9.17, 15) is 22.0 Å². The van der Waals surface area contributed by atoms with E-state index in [-0.39, 0.29) is 5.69 Å². The van der Waals surface area contributed by atoms with Crippen molar-refractivity contribution in [2.45, 2.75) is 12.1 Å². The Hall–Kier alpha value is -1.57. The van der Waals surface area contributed by atoms with E-state index in [1.807, 2.05) is 0 Å². The predicted octanol–water partition coefficient (Wildman–Crippen LogP) is 2.33. The van der Waals surface area contributed by atoms with E-state index in [1.165, 1.54) is 0 Å². The number of aliphatic hydroxyl groups excluding tert-OH is 1. The number of hydrogen-bond acceptors (Lipinski definition) is 3. The van der Waals surface area contributed by atoms with Crippen LogP contribution in [0.4, 0.5) is 33.3 Å². The highest BCUT2D eigenvalue weighted by molar-refractivity contribution is 5.58. The molecule has 0 heterocycles. The highest BCUT2D eigenvalue weighted by Crippen LogP contribution is 2.35. The van der Waals surface area contributed by atoms with Crippen molar-refractivity contribution in [3.8, 4) is 0 Å². The quantitative estimate of drug-likeness (QED) is 0.581. The van der Waals surface area contributed by atoms with Crippen molar-refractivity contribution in [2.24, 2.45) is 0 Å². The van der Waals surface area contributed by atoms with E-state index in [4.69, 9.17) is 10.8 Å². The zero-order valence-corrected chi connectivity index (χ0v) is 9.06. The molecule has 1 aromatic carbocycles. The largest absolute Gasteiger partial charge is 0.418 e. The van der Waals surface area contributed by atoms with Gasteiger partial charge in [-0.2, -0.15) is 13.2 Å². The number of benzene rings is 1. The second kappa shape index (κ2) is 4.97. The highest BCUT2D eigenvalue weighted by atomic mass is 19.4. The molecule has 1 aromatic rings. The lowest BCUT2D eigenvalue weighted by atomic mass is 10.1. The summed E-state index contributed by atoms with van der Waals surface area (Å²) in [7, 11) is 0. The van der Waals surface area contributed by atoms with Gasteiger partial charge < -0.3 is 16.2 Å². The Labute approximate surface area is 99.4 Å². The minimum Gasteiger partial charge on any atom is -0.398 e. The van der Waals surface area contributed by atoms with Crippen LogP contribution >= 0.6 is 0 Å². The smallest absolute Gasteiger partial charge is 0.398 e. The van der Waals surface area contributed by atoms with Crippen LogP contribution in [0.2, 0.25) is 0 Å². The summed E-state index contributed by atoms with van der Waals surface area (Å²) in [5.74, 6) is -3.40. The number of rotatable bonds is 4. The van der Waals surface area contributed by atoms with Gasteiger partial charge in [0.2, 0.25) is 0 Å². The van der Waals surface area contributed by atoms with Crippen LogP contribution < -0.4 is 11.1 Å². The minimum absolute atomic E-state index is 0.148. The van der Waals surface area contributed by atoms with Gasteiger partial charge in [-0.15, -0.1) is 0 Å². The van der Waals surface area contributed by atoms with Gasteiger partial charge in [0.15, 0.2) is 0 Å². The van der Waals surface area contributed by atoms with Crippen LogP contribution in [0.5, 0.6) is 0 Å². The lowest BCUT2D eigenvalue weighted by molar-refractivity contribution is -0.136. The number of hydrogen-bond donors (Lipinski definition) is 3. The fraction of sp³-hybridized carbons (Fsp3) is 0.400. The summed E-state index contributed by atoms with van der Waals surface area (Å²) in [4.78, 5) is 0. The van der Waals surface area contributed by atoms with E-state index in [2.05, 4.69) is 5.32 Å². The molecule has 4 N–H and O–H groups in total. The van der Waals surface area contributed by atoms with Gasteiger partial charge in [-0.05, 0) is 18.2 Å². The van der Waals surface area contributed by atoms with E-state index in [1.54, 1.807) is 0 Å². The molecule has 0 radical (unpaired) electrons. The Morgan fingerprint density at radius 3 is 2.28 bits per heavy atom. The second-order valence-electron chi connectivity index (χ2n) is 3.67. The molecule has 0 aromatic heterocycles. The lowest BCUT2D eigenvalue weighted by Crippen LogP contribution is -2.31. The van der Waals surface area contributed by atoms with E-state index in [0.717, 1.165) is 12.1 Å². The molecule has 0 aliphatic rings. The topological polar surface area (TPSA) is 58.3 Å². The molecule has 3 nitrogen and oxygen atoms in total. The second-order valence-corrected chi connectivity index (χ2v) is 3.67. The van der Waals surface area contributed by atoms with Gasteiger partial charge in [-0.25, -0.2) is 8.78 Å². The summed E-state index contributed by atoms with van der Waals surface area (Å²) in [5, 5.41) is 10.4. The summed E-state index contributed by atoms with van der Waals surface area (Å²) in [5.41, 5.74) is 3.42. The molecular formula is C10H11F5N2O. The molecule has 102 valence electrons. The summed E-state index contributed by atoms with van der Waals surface area (Å²) in [6.07, 6.45) is -4.65. The van der Waals surface area contributed by atoms with Gasteiger partial charge in [0.05, 0.1) is 12.1 Å². The van der Waals surface area contributed by atoms with Gasteiger partial charge in [0, 0.05) is 11.4 Å². The third-order valence-corrected chi connectivity index (χ3v) is 2.14. The Morgan fingerprint density at radius 2 is 1.78 bits per heavy atom. The monoisotopic (exact) mass is 270 g/mol. The average molecular weight is 270 g/mol. The first-order valence-electron chi connectivity index (χ1n) is 4.85. The molecule has 0 aliphatic heterocycles. The Morgan fingerprint density at radius 1 is 1.17 bits per heavy atom. The van der Waals surface area contributed by atoms with Crippen LogP contribution in [-0.2, 0) is 6.18 Å². The van der Waals surface area contributed by atoms with E-state index < -0.39 is 36.5 Å². The number of alkyl halides is 5. The molecule has 0 saturated heterocycles. The van der Waals surface area contributed by atoms with Crippen LogP contribution in [0.1, 0.15) is 5.56 Å². The Bertz CT molecular complexity index is 419. The van der Waals surface area contributed by atoms with Crippen molar-refractivity contribution in [1.29, 1.82) is 0 Å². The van der Waals surface area contributed by atoms with Crippen molar-refractivity contribution in [1.82, 2.24) is 0 Å². The molecule has 0 unspecified atom stereocenters. The minimum atomic E-state index is -4.65. The zero-order valence-electron chi connectivity index (χ0n) is 9.06. The number of nitrogen functional groups attached to an aromatic ring is 1. The lowest BCUT2D eigenvalue weighted by Gasteiger charge is -2.16. The fourth-order valence-corrected chi connectivity index (χ4v) is 1.20. The van der Waals surface area contributed by atoms with Gasteiger partial charge >= 0.3 is 6.18 Å². The first-order valence-corrected chi connectivity index (χ1v) is 4.85. The average Bonchev–Trinajstić information content (AvgIpc) is 2.26. The molecule has 0 saturated carbocycles. The van der Waals surface area contributed by atoms with Crippen LogP contribution in [0.3, 0.4) is 0 Å². The number of nitrogens with one attached hydrogen (secondary N) is 1. The summed E-state index contributed by atoms with van der Waals surface area (Å²) in [6.45, 7) is -2.36.